The maximum atomic E-state index is 14.6. The molecule has 4 heteroatoms. The minimum atomic E-state index is -0.741. The van der Waals surface area contributed by atoms with E-state index in [9.17, 15) is 4.79 Å². The molecule has 14 rings (SSSR count). The van der Waals surface area contributed by atoms with Crippen molar-refractivity contribution in [2.24, 2.45) is 5.92 Å². The third-order valence-corrected chi connectivity index (χ3v) is 16.4. The molecule has 2 aliphatic heterocycles. The lowest BCUT2D eigenvalue weighted by Gasteiger charge is -2.32. The number of allylic oxidation sites excluding steroid dienone is 10. The molecule has 9 aromatic rings. The molecule has 0 radical (unpaired) electrons. The summed E-state index contributed by atoms with van der Waals surface area (Å²) in [6, 6.07) is 71.5. The molecule has 374 valence electrons. The van der Waals surface area contributed by atoms with E-state index < -0.39 is 6.04 Å². The summed E-state index contributed by atoms with van der Waals surface area (Å²) >= 11 is 0. The molecule has 5 aliphatic rings. The lowest BCUT2D eigenvalue weighted by atomic mass is 9.75. The standard InChI is InChI=1S/C74H56N2O2/c77-74(78-49-50-16-4-1-5-17-50)73-27-9-3-8-21-59-46-57(37-44-70(59)75(73)60-41-34-56(35-42-60)67-48-68-62-22-11-10-20-55(62)36-43-65(68)63-23-12-13-24-64(63)67)58-38-45-72-69(47-58)66-25-14-15-26-71(66)76(72)61-39-32-54(33-40-61)53-30-28-52(29-31-53)51-18-6-2-7-19-51/h1-20,22-48,55,62,66,71,73H,21,49H2/b8-3-,27-9-. The molecule has 5 atom stereocenters. The maximum absolute atomic E-state index is 14.6. The fourth-order valence-electron chi connectivity index (χ4n) is 12.5. The zero-order valence-electron chi connectivity index (χ0n) is 43.1. The molecular weight excluding hydrogens is 949 g/mol. The Morgan fingerprint density at radius 1 is 0.449 bits per heavy atom. The average molecular weight is 1010 g/mol. The van der Waals surface area contributed by atoms with Gasteiger partial charge in [0.1, 0.15) is 6.61 Å². The van der Waals surface area contributed by atoms with Gasteiger partial charge in [-0.2, -0.15) is 0 Å². The minimum Gasteiger partial charge on any atom is -0.459 e. The number of fused-ring (bicyclic) bond motifs is 9. The van der Waals surface area contributed by atoms with E-state index in [0.717, 1.165) is 39.2 Å². The van der Waals surface area contributed by atoms with Gasteiger partial charge in [-0.05, 0) is 144 Å². The molecule has 4 nitrogen and oxygen atoms in total. The van der Waals surface area contributed by atoms with Crippen LogP contribution < -0.4 is 9.80 Å². The molecule has 0 saturated heterocycles. The molecule has 5 unspecified atom stereocenters. The van der Waals surface area contributed by atoms with E-state index >= 15 is 0 Å². The lowest BCUT2D eigenvalue weighted by molar-refractivity contribution is -0.145. The van der Waals surface area contributed by atoms with Gasteiger partial charge in [-0.15, -0.1) is 0 Å². The molecular formula is C74H56N2O2. The van der Waals surface area contributed by atoms with Crippen molar-refractivity contribution >= 4 is 45.6 Å². The SMILES string of the molecule is O=C(OCc1ccccc1)C1/C=C\C=C/Cc2cc(-c3ccc4c(c3)C3C=CC=CC3N4c3ccc(-c4ccc(-c5ccccc5)cc4)cc3)ccc2N1c1ccc(-c2cc3c(c4ccccc24)C=CC2C=CC=CC32)cc1. The third-order valence-electron chi connectivity index (χ3n) is 16.4. The fraction of sp³-hybridized carbons (Fsp3) is 0.0946. The van der Waals surface area contributed by atoms with Crippen molar-refractivity contribution in [2.45, 2.75) is 36.9 Å². The molecule has 78 heavy (non-hydrogen) atoms. The van der Waals surface area contributed by atoms with Gasteiger partial charge in [0, 0.05) is 40.5 Å². The maximum Gasteiger partial charge on any atom is 0.333 e. The van der Waals surface area contributed by atoms with E-state index in [-0.39, 0.29) is 30.5 Å². The second-order valence-corrected chi connectivity index (χ2v) is 20.9. The van der Waals surface area contributed by atoms with Crippen molar-refractivity contribution in [3.05, 3.63) is 307 Å². The van der Waals surface area contributed by atoms with Crippen molar-refractivity contribution in [1.29, 1.82) is 0 Å². The third kappa shape index (κ3) is 8.66. The first-order valence-electron chi connectivity index (χ1n) is 27.3. The number of carbonyl (C=O) groups is 1. The van der Waals surface area contributed by atoms with Crippen molar-refractivity contribution in [2.75, 3.05) is 9.80 Å². The number of rotatable bonds is 9. The van der Waals surface area contributed by atoms with Gasteiger partial charge in [-0.25, -0.2) is 4.79 Å². The van der Waals surface area contributed by atoms with Crippen molar-refractivity contribution in [1.82, 2.24) is 0 Å². The summed E-state index contributed by atoms with van der Waals surface area (Å²) in [5, 5.41) is 2.48. The van der Waals surface area contributed by atoms with E-state index in [0.29, 0.717) is 12.3 Å². The van der Waals surface area contributed by atoms with Crippen LogP contribution in [0.2, 0.25) is 0 Å². The monoisotopic (exact) mass is 1000 g/mol. The zero-order chi connectivity index (χ0) is 51.9. The number of hydrogen-bond acceptors (Lipinski definition) is 4. The first-order chi connectivity index (χ1) is 38.6. The summed E-state index contributed by atoms with van der Waals surface area (Å²) in [5.74, 6) is 0.513. The van der Waals surface area contributed by atoms with Crippen LogP contribution in [0, 0.1) is 5.92 Å². The van der Waals surface area contributed by atoms with E-state index in [2.05, 4.69) is 253 Å². The molecule has 0 fully saturated rings. The predicted octanol–water partition coefficient (Wildman–Crippen LogP) is 18.0. The van der Waals surface area contributed by atoms with Crippen molar-refractivity contribution in [3.8, 4) is 44.5 Å². The molecule has 0 bridgehead atoms. The largest absolute Gasteiger partial charge is 0.459 e. The Labute approximate surface area is 456 Å². The van der Waals surface area contributed by atoms with Crippen LogP contribution in [0.15, 0.2) is 279 Å². The molecule has 2 heterocycles. The highest BCUT2D eigenvalue weighted by molar-refractivity contribution is 6.03. The molecule has 0 N–H and O–H groups in total. The minimum absolute atomic E-state index is 0.161. The Hall–Kier alpha value is -9.51. The average Bonchev–Trinajstić information content (AvgIpc) is 3.93. The van der Waals surface area contributed by atoms with Gasteiger partial charge in [0.15, 0.2) is 6.04 Å². The van der Waals surface area contributed by atoms with Gasteiger partial charge in [0.25, 0.3) is 0 Å². The van der Waals surface area contributed by atoms with Crippen LogP contribution in [-0.2, 0) is 22.6 Å². The number of benzene rings is 9. The summed E-state index contributed by atoms with van der Waals surface area (Å²) in [6.07, 6.45) is 31.6. The topological polar surface area (TPSA) is 32.8 Å². The summed E-state index contributed by atoms with van der Waals surface area (Å²) in [7, 11) is 0. The van der Waals surface area contributed by atoms with Gasteiger partial charge < -0.3 is 14.5 Å². The zero-order valence-corrected chi connectivity index (χ0v) is 43.1. The highest BCUT2D eigenvalue weighted by Gasteiger charge is 2.38. The van der Waals surface area contributed by atoms with Crippen LogP contribution in [0.4, 0.5) is 22.7 Å². The van der Waals surface area contributed by atoms with E-state index in [1.165, 1.54) is 66.7 Å². The first kappa shape index (κ1) is 47.0. The van der Waals surface area contributed by atoms with Gasteiger partial charge in [0.05, 0.1) is 6.04 Å². The summed E-state index contributed by atoms with van der Waals surface area (Å²) < 4.78 is 6.19. The highest BCUT2D eigenvalue weighted by Crippen LogP contribution is 2.50. The highest BCUT2D eigenvalue weighted by atomic mass is 16.5. The van der Waals surface area contributed by atoms with Crippen LogP contribution in [-0.4, -0.2) is 18.1 Å². The van der Waals surface area contributed by atoms with E-state index in [1.54, 1.807) is 0 Å². The number of anilines is 4. The predicted molar refractivity (Wildman–Crippen MR) is 323 cm³/mol. The molecule has 0 amide bonds. The number of carbonyl (C=O) groups excluding carboxylic acids is 1. The van der Waals surface area contributed by atoms with Crippen LogP contribution in [0.3, 0.4) is 0 Å². The number of ether oxygens (including phenoxy) is 1. The number of esters is 1. The molecule has 0 aromatic heterocycles. The van der Waals surface area contributed by atoms with Gasteiger partial charge in [0.2, 0.25) is 0 Å². The lowest BCUT2D eigenvalue weighted by Crippen LogP contribution is -2.38. The van der Waals surface area contributed by atoms with Crippen LogP contribution >= 0.6 is 0 Å². The molecule has 3 aliphatic carbocycles. The molecule has 0 saturated carbocycles. The quantitative estimate of drug-likeness (QED) is 0.135. The number of hydrogen-bond donors (Lipinski definition) is 0. The molecule has 9 aromatic carbocycles. The number of nitrogens with zero attached hydrogens (tertiary/aromatic N) is 2. The molecule has 0 spiro atoms. The van der Waals surface area contributed by atoms with E-state index in [1.807, 2.05) is 42.5 Å². The Morgan fingerprint density at radius 3 is 1.78 bits per heavy atom. The second-order valence-electron chi connectivity index (χ2n) is 20.9. The van der Waals surface area contributed by atoms with Gasteiger partial charge >= 0.3 is 5.97 Å². The van der Waals surface area contributed by atoms with Crippen LogP contribution in [0.25, 0.3) is 61.4 Å². The van der Waals surface area contributed by atoms with Crippen molar-refractivity contribution < 1.29 is 9.53 Å². The Balaban J connectivity index is 0.808. The summed E-state index contributed by atoms with van der Waals surface area (Å²) in [5.41, 5.74) is 19.7. The summed E-state index contributed by atoms with van der Waals surface area (Å²) in [4.78, 5) is 19.3. The van der Waals surface area contributed by atoms with Crippen LogP contribution in [0.5, 0.6) is 0 Å². The Bertz CT molecular complexity index is 3970. The second kappa shape index (κ2) is 20.2. The van der Waals surface area contributed by atoms with Crippen LogP contribution in [0.1, 0.15) is 39.7 Å². The normalized spacial score (nSPS) is 20.1. The smallest absolute Gasteiger partial charge is 0.333 e. The Morgan fingerprint density at radius 2 is 1.03 bits per heavy atom. The fourth-order valence-corrected chi connectivity index (χ4v) is 12.5. The summed E-state index contributed by atoms with van der Waals surface area (Å²) in [6.45, 7) is 0.184. The Kier molecular flexibility index (Phi) is 12.2. The van der Waals surface area contributed by atoms with Gasteiger partial charge in [-0.1, -0.05) is 231 Å². The first-order valence-corrected chi connectivity index (χ1v) is 27.3. The van der Waals surface area contributed by atoms with Gasteiger partial charge in [-0.3, -0.25) is 0 Å². The van der Waals surface area contributed by atoms with E-state index in [4.69, 9.17) is 4.74 Å². The van der Waals surface area contributed by atoms with Crippen molar-refractivity contribution in [3.63, 3.8) is 0 Å².